The average Bonchev–Trinajstić information content (AvgIpc) is 2.80. The van der Waals surface area contributed by atoms with Crippen LogP contribution in [0.1, 0.15) is 24.0 Å². The molecule has 4 rings (SSSR count). The van der Waals surface area contributed by atoms with E-state index in [0.29, 0.717) is 56.3 Å². The summed E-state index contributed by atoms with van der Waals surface area (Å²) in [5.41, 5.74) is 2.75. The molecule has 0 aromatic heterocycles. The third-order valence-electron chi connectivity index (χ3n) is 6.14. The predicted octanol–water partition coefficient (Wildman–Crippen LogP) is 3.52. The van der Waals surface area contributed by atoms with Crippen molar-refractivity contribution in [3.8, 4) is 0 Å². The van der Waals surface area contributed by atoms with Crippen molar-refractivity contribution in [2.45, 2.75) is 32.4 Å². The highest BCUT2D eigenvalue weighted by Crippen LogP contribution is 2.24. The van der Waals surface area contributed by atoms with Crippen LogP contribution in [-0.4, -0.2) is 64.8 Å². The minimum absolute atomic E-state index is 0.0302. The van der Waals surface area contributed by atoms with E-state index in [4.69, 9.17) is 11.6 Å². The monoisotopic (exact) mass is 454 g/mol. The summed E-state index contributed by atoms with van der Waals surface area (Å²) in [6.45, 7) is 4.54. The van der Waals surface area contributed by atoms with Crippen molar-refractivity contribution in [1.82, 2.24) is 14.7 Å². The minimum atomic E-state index is -0.448. The number of carbonyl (C=O) groups is 3. The molecule has 0 bridgehead atoms. The quantitative estimate of drug-likeness (QED) is 0.718. The molecule has 0 radical (unpaired) electrons. The number of carbonyl (C=O) groups excluding carboxylic acids is 3. The van der Waals surface area contributed by atoms with E-state index >= 15 is 0 Å². The highest BCUT2D eigenvalue weighted by atomic mass is 35.5. The zero-order chi connectivity index (χ0) is 22.7. The van der Waals surface area contributed by atoms with E-state index in [1.807, 2.05) is 43.3 Å². The number of hydrogen-bond donors (Lipinski definition) is 1. The number of benzene rings is 2. The van der Waals surface area contributed by atoms with Crippen molar-refractivity contribution >= 4 is 35.1 Å². The van der Waals surface area contributed by atoms with E-state index in [-0.39, 0.29) is 12.1 Å². The number of para-hydroxylation sites is 1. The molecule has 0 saturated carbocycles. The number of piperazine rings is 1. The van der Waals surface area contributed by atoms with Gasteiger partial charge in [-0.1, -0.05) is 53.6 Å². The Bertz CT molecular complexity index is 1000. The SMILES string of the molecule is Cc1ccc(CN2CCN(C3CCN(C(=O)Nc4ccccc4Cl)CC3)C(=O)C2=O)cc1. The van der Waals surface area contributed by atoms with Gasteiger partial charge in [-0.3, -0.25) is 9.59 Å². The van der Waals surface area contributed by atoms with Crippen molar-refractivity contribution in [2.24, 2.45) is 0 Å². The van der Waals surface area contributed by atoms with Crippen LogP contribution in [0.5, 0.6) is 0 Å². The van der Waals surface area contributed by atoms with Crippen LogP contribution in [0.2, 0.25) is 5.02 Å². The molecular weight excluding hydrogens is 428 g/mol. The maximum Gasteiger partial charge on any atom is 0.321 e. The number of amides is 4. The fraction of sp³-hybridized carbons (Fsp3) is 0.375. The summed E-state index contributed by atoms with van der Waals surface area (Å²) in [7, 11) is 0. The number of nitrogens with one attached hydrogen (secondary N) is 1. The fourth-order valence-corrected chi connectivity index (χ4v) is 4.42. The molecule has 2 heterocycles. The van der Waals surface area contributed by atoms with Crippen molar-refractivity contribution < 1.29 is 14.4 Å². The largest absolute Gasteiger partial charge is 0.330 e. The molecular formula is C24H27ClN4O3. The third kappa shape index (κ3) is 4.88. The molecule has 168 valence electrons. The average molecular weight is 455 g/mol. The first-order valence-electron chi connectivity index (χ1n) is 10.9. The zero-order valence-corrected chi connectivity index (χ0v) is 18.8. The molecule has 2 aliphatic heterocycles. The van der Waals surface area contributed by atoms with Crippen molar-refractivity contribution in [1.29, 1.82) is 0 Å². The van der Waals surface area contributed by atoms with Gasteiger partial charge in [0.25, 0.3) is 0 Å². The topological polar surface area (TPSA) is 73.0 Å². The number of hydrogen-bond acceptors (Lipinski definition) is 3. The Balaban J connectivity index is 1.30. The lowest BCUT2D eigenvalue weighted by molar-refractivity contribution is -0.158. The maximum atomic E-state index is 12.8. The Hall–Kier alpha value is -3.06. The van der Waals surface area contributed by atoms with Gasteiger partial charge < -0.3 is 20.0 Å². The molecule has 0 spiro atoms. The fourth-order valence-electron chi connectivity index (χ4n) is 4.24. The van der Waals surface area contributed by atoms with Crippen molar-refractivity contribution in [3.05, 3.63) is 64.7 Å². The van der Waals surface area contributed by atoms with E-state index in [0.717, 1.165) is 11.1 Å². The molecule has 0 unspecified atom stereocenters. The summed E-state index contributed by atoms with van der Waals surface area (Å²) in [6, 6.07) is 14.9. The van der Waals surface area contributed by atoms with Crippen LogP contribution in [0.15, 0.2) is 48.5 Å². The normalized spacial score (nSPS) is 17.6. The lowest BCUT2D eigenvalue weighted by atomic mass is 10.0. The van der Waals surface area contributed by atoms with E-state index in [1.54, 1.807) is 26.8 Å². The molecule has 2 aromatic rings. The van der Waals surface area contributed by atoms with E-state index < -0.39 is 11.8 Å². The minimum Gasteiger partial charge on any atom is -0.330 e. The molecule has 32 heavy (non-hydrogen) atoms. The van der Waals surface area contributed by atoms with Crippen LogP contribution in [0.25, 0.3) is 0 Å². The number of urea groups is 1. The highest BCUT2D eigenvalue weighted by molar-refractivity contribution is 6.35. The maximum absolute atomic E-state index is 12.8. The number of piperidine rings is 1. The molecule has 2 aromatic carbocycles. The van der Waals surface area contributed by atoms with Gasteiger partial charge in [-0.2, -0.15) is 0 Å². The van der Waals surface area contributed by atoms with E-state index in [1.165, 1.54) is 0 Å². The first kappa shape index (κ1) is 22.1. The Kier molecular flexibility index (Phi) is 6.65. The Morgan fingerprint density at radius 3 is 2.34 bits per heavy atom. The van der Waals surface area contributed by atoms with Gasteiger partial charge in [-0.15, -0.1) is 0 Å². The lowest BCUT2D eigenvalue weighted by Gasteiger charge is -2.42. The first-order valence-corrected chi connectivity index (χ1v) is 11.3. The van der Waals surface area contributed by atoms with Gasteiger partial charge in [0, 0.05) is 38.8 Å². The molecule has 2 aliphatic rings. The van der Waals surface area contributed by atoms with Gasteiger partial charge in [0.1, 0.15) is 0 Å². The van der Waals surface area contributed by atoms with Gasteiger partial charge in [-0.05, 0) is 37.5 Å². The van der Waals surface area contributed by atoms with Crippen LogP contribution in [0.4, 0.5) is 10.5 Å². The van der Waals surface area contributed by atoms with Crippen LogP contribution in [0.3, 0.4) is 0 Å². The lowest BCUT2D eigenvalue weighted by Crippen LogP contribution is -2.59. The summed E-state index contributed by atoms with van der Waals surface area (Å²) >= 11 is 6.12. The Labute approximate surface area is 192 Å². The molecule has 8 heteroatoms. The third-order valence-corrected chi connectivity index (χ3v) is 6.47. The van der Waals surface area contributed by atoms with Crippen molar-refractivity contribution in [3.63, 3.8) is 0 Å². The predicted molar refractivity (Wildman–Crippen MR) is 123 cm³/mol. The number of nitrogens with zero attached hydrogens (tertiary/aromatic N) is 3. The molecule has 0 atom stereocenters. The van der Waals surface area contributed by atoms with Crippen LogP contribution in [0, 0.1) is 6.92 Å². The number of halogens is 1. The second kappa shape index (κ2) is 9.61. The molecule has 7 nitrogen and oxygen atoms in total. The van der Waals surface area contributed by atoms with Gasteiger partial charge in [0.2, 0.25) is 0 Å². The molecule has 2 saturated heterocycles. The van der Waals surface area contributed by atoms with Crippen LogP contribution < -0.4 is 5.32 Å². The van der Waals surface area contributed by atoms with Crippen molar-refractivity contribution in [2.75, 3.05) is 31.5 Å². The summed E-state index contributed by atoms with van der Waals surface area (Å²) in [4.78, 5) is 43.1. The van der Waals surface area contributed by atoms with Gasteiger partial charge in [0.05, 0.1) is 10.7 Å². The number of aryl methyl sites for hydroxylation is 1. The van der Waals surface area contributed by atoms with Gasteiger partial charge >= 0.3 is 17.8 Å². The second-order valence-electron chi connectivity index (χ2n) is 8.34. The number of anilines is 1. The number of likely N-dealkylation sites (tertiary alicyclic amines) is 1. The Morgan fingerprint density at radius 1 is 0.969 bits per heavy atom. The second-order valence-corrected chi connectivity index (χ2v) is 8.75. The number of rotatable bonds is 4. The van der Waals surface area contributed by atoms with Crippen LogP contribution >= 0.6 is 11.6 Å². The molecule has 4 amide bonds. The summed E-state index contributed by atoms with van der Waals surface area (Å²) < 4.78 is 0. The molecule has 0 aliphatic carbocycles. The summed E-state index contributed by atoms with van der Waals surface area (Å²) in [5.74, 6) is -0.891. The molecule has 2 fully saturated rings. The summed E-state index contributed by atoms with van der Waals surface area (Å²) in [5, 5.41) is 3.33. The molecule has 1 N–H and O–H groups in total. The smallest absolute Gasteiger partial charge is 0.321 e. The Morgan fingerprint density at radius 2 is 1.66 bits per heavy atom. The standard InChI is InChI=1S/C24H27ClN4O3/c1-17-6-8-18(9-7-17)16-28-14-15-29(23(31)22(28)30)19-10-12-27(13-11-19)24(32)26-21-5-3-2-4-20(21)25/h2-9,19H,10-16H2,1H3,(H,26,32). The van der Waals surface area contributed by atoms with Gasteiger partial charge in [0.15, 0.2) is 0 Å². The van der Waals surface area contributed by atoms with E-state index in [9.17, 15) is 14.4 Å². The van der Waals surface area contributed by atoms with Crippen LogP contribution in [-0.2, 0) is 16.1 Å². The van der Waals surface area contributed by atoms with Gasteiger partial charge in [-0.25, -0.2) is 4.79 Å². The summed E-state index contributed by atoms with van der Waals surface area (Å²) in [6.07, 6.45) is 1.29. The highest BCUT2D eigenvalue weighted by Gasteiger charge is 2.38. The zero-order valence-electron chi connectivity index (χ0n) is 18.1. The first-order chi connectivity index (χ1) is 15.4. The van der Waals surface area contributed by atoms with E-state index in [2.05, 4.69) is 5.32 Å².